The van der Waals surface area contributed by atoms with E-state index in [9.17, 15) is 18.0 Å². The zero-order valence-electron chi connectivity index (χ0n) is 16.4. The lowest BCUT2D eigenvalue weighted by atomic mass is 10.1. The van der Waals surface area contributed by atoms with E-state index in [4.69, 9.17) is 0 Å². The number of nitrogens with one attached hydrogen (secondary N) is 1. The van der Waals surface area contributed by atoms with Crippen LogP contribution in [0.3, 0.4) is 0 Å². The molecule has 158 valence electrons. The van der Waals surface area contributed by atoms with Gasteiger partial charge in [-0.15, -0.1) is 23.4 Å². The molecule has 0 radical (unpaired) electrons. The second-order valence-electron chi connectivity index (χ2n) is 6.57. The number of amides is 1. The molecule has 0 spiro atoms. The predicted octanol–water partition coefficient (Wildman–Crippen LogP) is 4.82. The number of carbonyl (C=O) groups is 1. The van der Waals surface area contributed by atoms with Crippen LogP contribution in [0.2, 0.25) is 0 Å². The quantitative estimate of drug-likeness (QED) is 0.561. The summed E-state index contributed by atoms with van der Waals surface area (Å²) in [6.45, 7) is 5.79. The molecular formula is C20H19F3N4O2S. The minimum Gasteiger partial charge on any atom is -0.406 e. The molecule has 1 aromatic heterocycles. The number of carbonyl (C=O) groups excluding carboxylic acids is 1. The highest BCUT2D eigenvalue weighted by Gasteiger charge is 2.31. The fourth-order valence-corrected chi connectivity index (χ4v) is 3.56. The van der Waals surface area contributed by atoms with Gasteiger partial charge in [-0.25, -0.2) is 0 Å². The van der Waals surface area contributed by atoms with E-state index in [0.29, 0.717) is 11.0 Å². The Kier molecular flexibility index (Phi) is 6.35. The third-order valence-electron chi connectivity index (χ3n) is 4.08. The molecule has 1 amide bonds. The molecule has 3 aromatic rings. The molecule has 0 aliphatic heterocycles. The third-order valence-corrected chi connectivity index (χ3v) is 5.01. The normalized spacial score (nSPS) is 11.4. The molecule has 0 saturated heterocycles. The van der Waals surface area contributed by atoms with Gasteiger partial charge in [-0.05, 0) is 50.1 Å². The van der Waals surface area contributed by atoms with Crippen molar-refractivity contribution in [3.63, 3.8) is 0 Å². The second kappa shape index (κ2) is 8.78. The maximum absolute atomic E-state index is 12.3. The fraction of sp³-hybridized carbons (Fsp3) is 0.250. The van der Waals surface area contributed by atoms with Gasteiger partial charge in [-0.3, -0.25) is 9.36 Å². The van der Waals surface area contributed by atoms with Gasteiger partial charge in [0.1, 0.15) is 11.6 Å². The van der Waals surface area contributed by atoms with Gasteiger partial charge in [0, 0.05) is 11.8 Å². The molecule has 6 nitrogen and oxygen atoms in total. The summed E-state index contributed by atoms with van der Waals surface area (Å²) in [5.41, 5.74) is 3.25. The van der Waals surface area contributed by atoms with Crippen molar-refractivity contribution in [2.45, 2.75) is 32.3 Å². The highest BCUT2D eigenvalue weighted by Crippen LogP contribution is 2.27. The van der Waals surface area contributed by atoms with Crippen molar-refractivity contribution < 1.29 is 22.7 Å². The highest BCUT2D eigenvalue weighted by atomic mass is 32.2. The number of ether oxygens (including phenoxy) is 1. The molecule has 0 unspecified atom stereocenters. The summed E-state index contributed by atoms with van der Waals surface area (Å²) in [6, 6.07) is 11.1. The number of anilines is 1. The maximum atomic E-state index is 12.3. The number of aromatic nitrogens is 3. The van der Waals surface area contributed by atoms with Gasteiger partial charge in [0.25, 0.3) is 0 Å². The maximum Gasteiger partial charge on any atom is 0.573 e. The van der Waals surface area contributed by atoms with Crippen molar-refractivity contribution in [2.24, 2.45) is 0 Å². The first-order valence-electron chi connectivity index (χ1n) is 8.90. The molecule has 0 aliphatic carbocycles. The summed E-state index contributed by atoms with van der Waals surface area (Å²) in [7, 11) is 0. The Balaban J connectivity index is 1.69. The van der Waals surface area contributed by atoms with Gasteiger partial charge in [0.15, 0.2) is 5.16 Å². The molecule has 0 atom stereocenters. The van der Waals surface area contributed by atoms with Crippen molar-refractivity contribution in [3.8, 4) is 11.4 Å². The number of hydrogen-bond acceptors (Lipinski definition) is 5. The van der Waals surface area contributed by atoms with Crippen molar-refractivity contribution in [3.05, 3.63) is 59.4 Å². The number of hydrogen-bond donors (Lipinski definition) is 1. The topological polar surface area (TPSA) is 69.0 Å². The summed E-state index contributed by atoms with van der Waals surface area (Å²) in [5, 5.41) is 11.4. The minimum atomic E-state index is -4.80. The van der Waals surface area contributed by atoms with E-state index in [-0.39, 0.29) is 11.4 Å². The number of rotatable bonds is 6. The van der Waals surface area contributed by atoms with Gasteiger partial charge < -0.3 is 10.1 Å². The molecule has 0 fully saturated rings. The SMILES string of the molecule is Cc1ccc(C)c(-n2c(C)nnc2SCC(=O)Nc2cccc(OC(F)(F)F)c2)c1. The van der Waals surface area contributed by atoms with Crippen molar-refractivity contribution in [2.75, 3.05) is 11.1 Å². The summed E-state index contributed by atoms with van der Waals surface area (Å²) < 4.78 is 42.8. The van der Waals surface area contributed by atoms with Crippen molar-refractivity contribution in [1.82, 2.24) is 14.8 Å². The molecule has 0 saturated carbocycles. The van der Waals surface area contributed by atoms with Crippen LogP contribution in [-0.2, 0) is 4.79 Å². The smallest absolute Gasteiger partial charge is 0.406 e. The fourth-order valence-electron chi connectivity index (χ4n) is 2.77. The Morgan fingerprint density at radius 1 is 1.13 bits per heavy atom. The van der Waals surface area contributed by atoms with Crippen LogP contribution in [0.15, 0.2) is 47.6 Å². The first kappa shape index (κ1) is 21.7. The summed E-state index contributed by atoms with van der Waals surface area (Å²) in [6.07, 6.45) is -4.80. The van der Waals surface area contributed by atoms with E-state index in [1.165, 1.54) is 23.9 Å². The van der Waals surface area contributed by atoms with Crippen LogP contribution in [0.1, 0.15) is 17.0 Å². The van der Waals surface area contributed by atoms with E-state index in [2.05, 4.69) is 20.3 Å². The van der Waals surface area contributed by atoms with Gasteiger partial charge in [0.2, 0.25) is 5.91 Å². The lowest BCUT2D eigenvalue weighted by molar-refractivity contribution is -0.274. The van der Waals surface area contributed by atoms with Gasteiger partial charge in [-0.2, -0.15) is 0 Å². The molecule has 30 heavy (non-hydrogen) atoms. The Bertz CT molecular complexity index is 1070. The van der Waals surface area contributed by atoms with Crippen LogP contribution in [0.4, 0.5) is 18.9 Å². The molecule has 1 N–H and O–H groups in total. The Morgan fingerprint density at radius 2 is 1.90 bits per heavy atom. The predicted molar refractivity (Wildman–Crippen MR) is 108 cm³/mol. The van der Waals surface area contributed by atoms with Gasteiger partial charge in [0.05, 0.1) is 11.4 Å². The van der Waals surface area contributed by atoms with E-state index in [0.717, 1.165) is 28.9 Å². The summed E-state index contributed by atoms with van der Waals surface area (Å²) >= 11 is 1.18. The number of nitrogens with zero attached hydrogens (tertiary/aromatic N) is 3. The molecule has 1 heterocycles. The largest absolute Gasteiger partial charge is 0.573 e. The Labute approximate surface area is 175 Å². The third kappa shape index (κ3) is 5.53. The Hall–Kier alpha value is -3.01. The minimum absolute atomic E-state index is 0.00729. The van der Waals surface area contributed by atoms with E-state index >= 15 is 0 Å². The average Bonchev–Trinajstić information content (AvgIpc) is 3.01. The Morgan fingerprint density at radius 3 is 2.63 bits per heavy atom. The molecule has 2 aromatic carbocycles. The van der Waals surface area contributed by atoms with E-state index < -0.39 is 18.0 Å². The van der Waals surface area contributed by atoms with Gasteiger partial charge >= 0.3 is 6.36 Å². The zero-order valence-corrected chi connectivity index (χ0v) is 17.3. The molecule has 10 heteroatoms. The number of thioether (sulfide) groups is 1. The first-order chi connectivity index (χ1) is 14.1. The number of benzene rings is 2. The van der Waals surface area contributed by atoms with Crippen LogP contribution in [0.25, 0.3) is 5.69 Å². The lowest BCUT2D eigenvalue weighted by Gasteiger charge is -2.12. The lowest BCUT2D eigenvalue weighted by Crippen LogP contribution is -2.18. The molecule has 0 aliphatic rings. The van der Waals surface area contributed by atoms with Crippen LogP contribution in [0.5, 0.6) is 5.75 Å². The second-order valence-corrected chi connectivity index (χ2v) is 7.51. The van der Waals surface area contributed by atoms with Crippen molar-refractivity contribution in [1.29, 1.82) is 0 Å². The summed E-state index contributed by atoms with van der Waals surface area (Å²) in [5.74, 6) is -0.105. The van der Waals surface area contributed by atoms with Gasteiger partial charge in [-0.1, -0.05) is 30.0 Å². The monoisotopic (exact) mass is 436 g/mol. The van der Waals surface area contributed by atoms with E-state index in [1.54, 1.807) is 0 Å². The summed E-state index contributed by atoms with van der Waals surface area (Å²) in [4.78, 5) is 12.3. The van der Waals surface area contributed by atoms with E-state index in [1.807, 2.05) is 43.5 Å². The first-order valence-corrected chi connectivity index (χ1v) is 9.89. The van der Waals surface area contributed by atoms with Crippen LogP contribution < -0.4 is 10.1 Å². The van der Waals surface area contributed by atoms with Crippen LogP contribution in [-0.4, -0.2) is 32.8 Å². The van der Waals surface area contributed by atoms with Crippen LogP contribution in [0, 0.1) is 20.8 Å². The van der Waals surface area contributed by atoms with Crippen molar-refractivity contribution >= 4 is 23.4 Å². The average molecular weight is 436 g/mol. The standard InChI is InChI=1S/C20H19F3N4O2S/c1-12-7-8-13(2)17(9-12)27-14(3)25-26-19(27)30-11-18(28)24-15-5-4-6-16(10-15)29-20(21,22)23/h4-10H,11H2,1-3H3,(H,24,28). The zero-order chi connectivity index (χ0) is 21.9. The number of alkyl halides is 3. The molecular weight excluding hydrogens is 417 g/mol. The number of aryl methyl sites for hydroxylation is 3. The molecule has 3 rings (SSSR count). The van der Waals surface area contributed by atoms with Crippen LogP contribution >= 0.6 is 11.8 Å². The molecule has 0 bridgehead atoms. The number of halogens is 3. The highest BCUT2D eigenvalue weighted by molar-refractivity contribution is 7.99.